The van der Waals surface area contributed by atoms with E-state index in [0.717, 1.165) is 12.0 Å². The number of ether oxygens (including phenoxy) is 1. The Morgan fingerprint density at radius 3 is 2.30 bits per heavy atom. The molecule has 186 valence electrons. The van der Waals surface area contributed by atoms with Crippen molar-refractivity contribution >= 4 is 29.6 Å². The first kappa shape index (κ1) is 28.5. The number of halogens is 4. The maximum Gasteiger partial charge on any atom is 0.490 e. The predicted molar refractivity (Wildman–Crippen MR) is 116 cm³/mol. The van der Waals surface area contributed by atoms with Gasteiger partial charge in [0.15, 0.2) is 0 Å². The van der Waals surface area contributed by atoms with Crippen LogP contribution >= 0.6 is 11.6 Å². The second-order valence-corrected chi connectivity index (χ2v) is 9.01. The van der Waals surface area contributed by atoms with Gasteiger partial charge in [0, 0.05) is 24.2 Å². The topological polar surface area (TPSA) is 122 Å². The molecule has 1 heterocycles. The molecule has 0 aliphatic carbocycles. The number of carboxylic acid groups (broad SMARTS) is 1. The van der Waals surface area contributed by atoms with Crippen molar-refractivity contribution in [3.8, 4) is 0 Å². The predicted octanol–water partition coefficient (Wildman–Crippen LogP) is 3.91. The summed E-state index contributed by atoms with van der Waals surface area (Å²) in [6.07, 6.45) is -3.48. The number of carbonyl (C=O) groups excluding carboxylic acids is 2. The molecule has 0 aromatic heterocycles. The van der Waals surface area contributed by atoms with E-state index in [1.165, 1.54) is 4.90 Å². The number of alkyl halides is 3. The number of benzene rings is 1. The number of carboxylic acids is 1. The highest BCUT2D eigenvalue weighted by Crippen LogP contribution is 2.39. The summed E-state index contributed by atoms with van der Waals surface area (Å²) in [5.41, 5.74) is 6.08. The number of aliphatic carboxylic acids is 1. The Bertz CT molecular complexity index is 874. The van der Waals surface area contributed by atoms with E-state index < -0.39 is 23.3 Å². The van der Waals surface area contributed by atoms with Crippen molar-refractivity contribution in [1.82, 2.24) is 10.2 Å². The van der Waals surface area contributed by atoms with E-state index in [1.807, 2.05) is 26.8 Å². The third kappa shape index (κ3) is 8.39. The number of hydrogen-bond donors (Lipinski definition) is 3. The second kappa shape index (κ2) is 11.1. The second-order valence-electron chi connectivity index (χ2n) is 8.57. The molecule has 33 heavy (non-hydrogen) atoms. The highest BCUT2D eigenvalue weighted by atomic mass is 35.5. The van der Waals surface area contributed by atoms with Gasteiger partial charge in [-0.05, 0) is 70.3 Å². The Morgan fingerprint density at radius 2 is 1.82 bits per heavy atom. The fourth-order valence-electron chi connectivity index (χ4n) is 3.18. The molecule has 0 radical (unpaired) electrons. The van der Waals surface area contributed by atoms with E-state index in [1.54, 1.807) is 19.2 Å². The van der Waals surface area contributed by atoms with Crippen LogP contribution in [0.25, 0.3) is 0 Å². The molecule has 0 bridgehead atoms. The average molecular weight is 496 g/mol. The molecule has 1 aliphatic rings. The lowest BCUT2D eigenvalue weighted by Gasteiger charge is -2.33. The summed E-state index contributed by atoms with van der Waals surface area (Å²) in [5.74, 6) is -2.87. The quantitative estimate of drug-likeness (QED) is 0.550. The first-order chi connectivity index (χ1) is 15.0. The van der Waals surface area contributed by atoms with Crippen molar-refractivity contribution in [3.05, 3.63) is 34.3 Å². The highest BCUT2D eigenvalue weighted by Gasteiger charge is 2.42. The number of fused-ring (bicyclic) bond motifs is 1. The van der Waals surface area contributed by atoms with Gasteiger partial charge in [0.25, 0.3) is 5.91 Å². The lowest BCUT2D eigenvalue weighted by molar-refractivity contribution is -0.192. The first-order valence-electron chi connectivity index (χ1n) is 10.1. The largest absolute Gasteiger partial charge is 0.490 e. The van der Waals surface area contributed by atoms with Gasteiger partial charge in [0.2, 0.25) is 0 Å². The van der Waals surface area contributed by atoms with Gasteiger partial charge in [-0.25, -0.2) is 9.59 Å². The summed E-state index contributed by atoms with van der Waals surface area (Å²) >= 11 is 6.17. The van der Waals surface area contributed by atoms with Crippen molar-refractivity contribution < 1.29 is 37.4 Å². The smallest absolute Gasteiger partial charge is 0.475 e. The number of rotatable bonds is 6. The maximum absolute atomic E-state index is 12.4. The lowest BCUT2D eigenvalue weighted by atomic mass is 9.83. The highest BCUT2D eigenvalue weighted by molar-refractivity contribution is 6.30. The summed E-state index contributed by atoms with van der Waals surface area (Å²) in [6, 6.07) is 5.29. The maximum atomic E-state index is 12.4. The first-order valence-corrected chi connectivity index (χ1v) is 10.5. The van der Waals surface area contributed by atoms with E-state index in [2.05, 4.69) is 5.32 Å². The fraction of sp³-hybridized carbons (Fsp3) is 0.571. The molecule has 0 fully saturated rings. The van der Waals surface area contributed by atoms with E-state index in [0.29, 0.717) is 36.5 Å². The minimum absolute atomic E-state index is 0.117. The molecular weight excluding hydrogens is 467 g/mol. The van der Waals surface area contributed by atoms with Crippen LogP contribution in [-0.2, 0) is 15.1 Å². The van der Waals surface area contributed by atoms with Crippen molar-refractivity contribution in [2.24, 2.45) is 5.73 Å². The van der Waals surface area contributed by atoms with Crippen LogP contribution < -0.4 is 11.1 Å². The van der Waals surface area contributed by atoms with Gasteiger partial charge >= 0.3 is 18.2 Å². The van der Waals surface area contributed by atoms with Crippen molar-refractivity contribution in [3.63, 3.8) is 0 Å². The zero-order valence-corrected chi connectivity index (χ0v) is 19.6. The Balaban J connectivity index is 0.000000675. The molecule has 0 spiro atoms. The molecule has 1 atom stereocenters. The molecule has 1 aromatic carbocycles. The number of nitrogens with one attached hydrogen (secondary N) is 1. The number of amides is 2. The van der Waals surface area contributed by atoms with Crippen LogP contribution in [0.15, 0.2) is 18.2 Å². The SMILES string of the molecule is CN(CC[C@]1(CCCN)NC(=O)c2ccc(Cl)cc21)C(=O)OC(C)(C)C.O=C(O)C(F)(F)F. The summed E-state index contributed by atoms with van der Waals surface area (Å²) in [7, 11) is 1.69. The monoisotopic (exact) mass is 495 g/mol. The van der Waals surface area contributed by atoms with Crippen LogP contribution in [0.5, 0.6) is 0 Å². The van der Waals surface area contributed by atoms with Crippen LogP contribution in [0.1, 0.15) is 56.0 Å². The van der Waals surface area contributed by atoms with Crippen LogP contribution in [0.4, 0.5) is 18.0 Å². The van der Waals surface area contributed by atoms with Gasteiger partial charge in [-0.1, -0.05) is 11.6 Å². The van der Waals surface area contributed by atoms with Gasteiger partial charge < -0.3 is 25.8 Å². The Morgan fingerprint density at radius 1 is 1.24 bits per heavy atom. The van der Waals surface area contributed by atoms with Gasteiger partial charge in [0.05, 0.1) is 5.54 Å². The summed E-state index contributed by atoms with van der Waals surface area (Å²) in [6.45, 7) is 6.45. The molecule has 2 rings (SSSR count). The van der Waals surface area contributed by atoms with Gasteiger partial charge in [-0.3, -0.25) is 4.79 Å². The zero-order valence-electron chi connectivity index (χ0n) is 18.9. The molecule has 8 nitrogen and oxygen atoms in total. The summed E-state index contributed by atoms with van der Waals surface area (Å²) in [5, 5.41) is 10.8. The lowest BCUT2D eigenvalue weighted by Crippen LogP contribution is -2.44. The average Bonchev–Trinajstić information content (AvgIpc) is 2.94. The summed E-state index contributed by atoms with van der Waals surface area (Å²) < 4.78 is 37.1. The standard InChI is InChI=1S/C19H28ClN3O3.C2HF3O2/c1-18(2,3)26-17(25)23(4)11-9-19(8-5-10-21)15-12-13(20)6-7-14(15)16(24)22-19;3-2(4,5)1(6)7/h6-7,12H,5,8-11,21H2,1-4H3,(H,22,24);(H,6,7)/t19-;/m0./s1. The molecule has 1 aromatic rings. The molecule has 1 aliphatic heterocycles. The molecular formula is C21H29ClF3N3O5. The van der Waals surface area contributed by atoms with Crippen molar-refractivity contribution in [2.75, 3.05) is 20.1 Å². The molecule has 2 amide bonds. The minimum Gasteiger partial charge on any atom is -0.475 e. The van der Waals surface area contributed by atoms with E-state index in [-0.39, 0.29) is 12.0 Å². The normalized spacial score (nSPS) is 17.4. The number of nitrogens with zero attached hydrogens (tertiary/aromatic N) is 1. The Labute approximate surface area is 195 Å². The van der Waals surface area contributed by atoms with E-state index >= 15 is 0 Å². The van der Waals surface area contributed by atoms with Crippen molar-refractivity contribution in [2.45, 2.75) is 57.3 Å². The molecule has 0 unspecified atom stereocenters. The summed E-state index contributed by atoms with van der Waals surface area (Å²) in [4.78, 5) is 35.1. The van der Waals surface area contributed by atoms with Gasteiger partial charge in [-0.2, -0.15) is 13.2 Å². The molecule has 12 heteroatoms. The zero-order chi connectivity index (χ0) is 25.6. The van der Waals surface area contributed by atoms with E-state index in [9.17, 15) is 22.8 Å². The number of carbonyl (C=O) groups is 3. The number of nitrogens with two attached hydrogens (primary N) is 1. The van der Waals surface area contributed by atoms with Crippen LogP contribution in [0.2, 0.25) is 5.02 Å². The molecule has 4 N–H and O–H groups in total. The molecule has 0 saturated heterocycles. The van der Waals surface area contributed by atoms with Gasteiger partial charge in [0.1, 0.15) is 5.60 Å². The minimum atomic E-state index is -5.08. The Kier molecular flexibility index (Phi) is 9.55. The third-order valence-corrected chi connectivity index (χ3v) is 4.96. The van der Waals surface area contributed by atoms with E-state index in [4.69, 9.17) is 32.0 Å². The molecule has 0 saturated carbocycles. The third-order valence-electron chi connectivity index (χ3n) is 4.72. The van der Waals surface area contributed by atoms with Gasteiger partial charge in [-0.15, -0.1) is 0 Å². The fourth-order valence-corrected chi connectivity index (χ4v) is 3.35. The van der Waals surface area contributed by atoms with Crippen LogP contribution in [0.3, 0.4) is 0 Å². The van der Waals surface area contributed by atoms with Crippen LogP contribution in [-0.4, -0.2) is 59.9 Å². The van der Waals surface area contributed by atoms with Crippen molar-refractivity contribution in [1.29, 1.82) is 0 Å². The number of hydrogen-bond acceptors (Lipinski definition) is 5. The van der Waals surface area contributed by atoms with Crippen LogP contribution in [0, 0.1) is 0 Å². The Hall–Kier alpha value is -2.53.